The molecule has 10 heteroatoms. The molecule has 3 N–H and O–H groups in total. The number of nitrogens with two attached hydrogens (primary N) is 1. The Morgan fingerprint density at radius 3 is 2.64 bits per heavy atom. The Hall–Kier alpha value is -3.40. The van der Waals surface area contributed by atoms with Gasteiger partial charge in [-0.05, 0) is 49.9 Å². The van der Waals surface area contributed by atoms with Crippen LogP contribution >= 0.6 is 11.3 Å². The summed E-state index contributed by atoms with van der Waals surface area (Å²) in [6, 6.07) is 4.87. The molecule has 2 amide bonds. The number of anilines is 1. The first-order chi connectivity index (χ1) is 15.8. The minimum Gasteiger partial charge on any atom is -0.486 e. The standard InChI is InChI=1S/C23H24N2O7S/c1-12(22(29)25-23-20(21(24)28)14-3-2-4-18(14)33-23)32-19(27)8-6-15(26)13-5-7-16-17(11-13)31-10-9-30-16/h5,7,11-12H,2-4,6,8-10H2,1H3,(H2,24,28)(H,25,29). The Labute approximate surface area is 194 Å². The number of aryl methyl sites for hydroxylation is 1. The van der Waals surface area contributed by atoms with Crippen molar-refractivity contribution in [1.82, 2.24) is 0 Å². The highest BCUT2D eigenvalue weighted by atomic mass is 32.1. The third-order valence-electron chi connectivity index (χ3n) is 5.50. The fourth-order valence-corrected chi connectivity index (χ4v) is 5.15. The lowest BCUT2D eigenvalue weighted by Crippen LogP contribution is -2.30. The summed E-state index contributed by atoms with van der Waals surface area (Å²) in [6.07, 6.45) is 1.20. The third-order valence-corrected chi connectivity index (χ3v) is 6.71. The van der Waals surface area contributed by atoms with Crippen molar-refractivity contribution in [3.8, 4) is 11.5 Å². The van der Waals surface area contributed by atoms with Gasteiger partial charge >= 0.3 is 5.97 Å². The molecule has 4 rings (SSSR count). The maximum atomic E-state index is 12.5. The van der Waals surface area contributed by atoms with Crippen LogP contribution in [-0.4, -0.2) is 42.9 Å². The number of carbonyl (C=O) groups excluding carboxylic acids is 4. The monoisotopic (exact) mass is 472 g/mol. The van der Waals surface area contributed by atoms with Crippen LogP contribution in [0.2, 0.25) is 0 Å². The lowest BCUT2D eigenvalue weighted by Gasteiger charge is -2.18. The van der Waals surface area contributed by atoms with E-state index in [1.165, 1.54) is 18.3 Å². The van der Waals surface area contributed by atoms with E-state index in [1.54, 1.807) is 18.2 Å². The molecule has 0 bridgehead atoms. The van der Waals surface area contributed by atoms with Crippen LogP contribution in [0.15, 0.2) is 18.2 Å². The minimum atomic E-state index is -1.10. The van der Waals surface area contributed by atoms with E-state index in [9.17, 15) is 19.2 Å². The highest BCUT2D eigenvalue weighted by molar-refractivity contribution is 7.17. The van der Waals surface area contributed by atoms with Crippen LogP contribution in [0.4, 0.5) is 5.00 Å². The summed E-state index contributed by atoms with van der Waals surface area (Å²) in [7, 11) is 0. The molecular weight excluding hydrogens is 448 g/mol. The van der Waals surface area contributed by atoms with Gasteiger partial charge in [-0.15, -0.1) is 11.3 Å². The molecule has 0 fully saturated rings. The molecule has 2 aliphatic rings. The second-order valence-electron chi connectivity index (χ2n) is 7.83. The molecule has 0 spiro atoms. The molecule has 174 valence electrons. The highest BCUT2D eigenvalue weighted by Crippen LogP contribution is 2.39. The Bertz CT molecular complexity index is 1120. The van der Waals surface area contributed by atoms with Crippen molar-refractivity contribution in [2.75, 3.05) is 18.5 Å². The van der Waals surface area contributed by atoms with E-state index in [2.05, 4.69) is 5.32 Å². The third kappa shape index (κ3) is 5.00. The van der Waals surface area contributed by atoms with Crippen LogP contribution < -0.4 is 20.5 Å². The van der Waals surface area contributed by atoms with Gasteiger partial charge in [0, 0.05) is 16.9 Å². The molecule has 1 aliphatic heterocycles. The quantitative estimate of drug-likeness (QED) is 0.445. The van der Waals surface area contributed by atoms with E-state index < -0.39 is 23.9 Å². The second kappa shape index (κ2) is 9.62. The molecule has 0 saturated heterocycles. The summed E-state index contributed by atoms with van der Waals surface area (Å²) in [6.45, 7) is 2.30. The number of esters is 1. The Balaban J connectivity index is 1.29. The largest absolute Gasteiger partial charge is 0.486 e. The van der Waals surface area contributed by atoms with Gasteiger partial charge in [0.1, 0.15) is 18.2 Å². The van der Waals surface area contributed by atoms with Crippen molar-refractivity contribution in [3.05, 3.63) is 39.8 Å². The fourth-order valence-electron chi connectivity index (χ4n) is 3.85. The van der Waals surface area contributed by atoms with Crippen molar-refractivity contribution >= 4 is 39.9 Å². The number of rotatable bonds is 8. The molecule has 0 radical (unpaired) electrons. The Morgan fingerprint density at radius 1 is 1.12 bits per heavy atom. The molecule has 0 saturated carbocycles. The smallest absolute Gasteiger partial charge is 0.307 e. The van der Waals surface area contributed by atoms with Crippen molar-refractivity contribution in [2.45, 2.75) is 45.1 Å². The molecule has 9 nitrogen and oxygen atoms in total. The number of thiophene rings is 1. The molecule has 1 unspecified atom stereocenters. The number of Topliss-reactive ketones (excluding diaryl/α,β-unsaturated/α-hetero) is 1. The minimum absolute atomic E-state index is 0.0731. The van der Waals surface area contributed by atoms with Gasteiger partial charge in [-0.1, -0.05) is 0 Å². The Morgan fingerprint density at radius 2 is 1.88 bits per heavy atom. The van der Waals surface area contributed by atoms with E-state index in [4.69, 9.17) is 19.9 Å². The van der Waals surface area contributed by atoms with Crippen LogP contribution in [0.25, 0.3) is 0 Å². The van der Waals surface area contributed by atoms with Crippen LogP contribution in [-0.2, 0) is 27.2 Å². The summed E-state index contributed by atoms with van der Waals surface area (Å²) in [5.41, 5.74) is 7.14. The lowest BCUT2D eigenvalue weighted by molar-refractivity contribution is -0.153. The maximum Gasteiger partial charge on any atom is 0.307 e. The van der Waals surface area contributed by atoms with Crippen LogP contribution in [0.3, 0.4) is 0 Å². The number of amides is 2. The molecule has 1 atom stereocenters. The molecule has 1 aliphatic carbocycles. The van der Waals surface area contributed by atoms with Gasteiger partial charge in [-0.3, -0.25) is 19.2 Å². The topological polar surface area (TPSA) is 134 Å². The zero-order valence-electron chi connectivity index (χ0n) is 18.1. The van der Waals surface area contributed by atoms with Crippen LogP contribution in [0.5, 0.6) is 11.5 Å². The van der Waals surface area contributed by atoms with Crippen molar-refractivity contribution in [1.29, 1.82) is 0 Å². The van der Waals surface area contributed by atoms with Crippen LogP contribution in [0, 0.1) is 0 Å². The number of hydrogen-bond donors (Lipinski definition) is 2. The van der Waals surface area contributed by atoms with E-state index in [0.717, 1.165) is 29.7 Å². The number of nitrogens with one attached hydrogen (secondary N) is 1. The molecule has 2 aromatic rings. The first-order valence-corrected chi connectivity index (χ1v) is 11.5. The van der Waals surface area contributed by atoms with Gasteiger partial charge in [0.15, 0.2) is 23.4 Å². The SMILES string of the molecule is CC(OC(=O)CCC(=O)c1ccc2c(c1)OCCO2)C(=O)Nc1sc2c(c1C(N)=O)CCC2. The zero-order chi connectivity index (χ0) is 23.5. The number of primary amides is 1. The summed E-state index contributed by atoms with van der Waals surface area (Å²) >= 11 is 1.33. The number of hydrogen-bond acceptors (Lipinski definition) is 8. The van der Waals surface area contributed by atoms with Crippen LogP contribution in [0.1, 0.15) is 57.3 Å². The molecule has 33 heavy (non-hydrogen) atoms. The Kier molecular flexibility index (Phi) is 6.64. The average molecular weight is 473 g/mol. The van der Waals surface area contributed by atoms with E-state index >= 15 is 0 Å². The van der Waals surface area contributed by atoms with Crippen molar-refractivity contribution in [3.63, 3.8) is 0 Å². The second-order valence-corrected chi connectivity index (χ2v) is 8.93. The molecule has 1 aromatic heterocycles. The van der Waals surface area contributed by atoms with E-state index in [1.807, 2.05) is 0 Å². The summed E-state index contributed by atoms with van der Waals surface area (Å²) < 4.78 is 16.1. The van der Waals surface area contributed by atoms with Gasteiger partial charge in [0.05, 0.1) is 12.0 Å². The number of ketones is 1. The summed E-state index contributed by atoms with van der Waals surface area (Å²) in [4.78, 5) is 50.1. The molecule has 2 heterocycles. The summed E-state index contributed by atoms with van der Waals surface area (Å²) in [5, 5.41) is 3.04. The first kappa shape index (κ1) is 22.8. The average Bonchev–Trinajstić information content (AvgIpc) is 3.37. The van der Waals surface area contributed by atoms with Gasteiger partial charge < -0.3 is 25.3 Å². The van der Waals surface area contributed by atoms with E-state index in [0.29, 0.717) is 40.8 Å². The van der Waals surface area contributed by atoms with Gasteiger partial charge in [0.25, 0.3) is 11.8 Å². The zero-order valence-corrected chi connectivity index (χ0v) is 18.9. The van der Waals surface area contributed by atoms with Crippen molar-refractivity contribution in [2.24, 2.45) is 5.73 Å². The normalized spacial score (nSPS) is 14.8. The predicted octanol–water partition coefficient (Wildman–Crippen LogP) is 2.64. The first-order valence-electron chi connectivity index (χ1n) is 10.7. The number of carbonyl (C=O) groups is 4. The highest BCUT2D eigenvalue weighted by Gasteiger charge is 2.28. The van der Waals surface area contributed by atoms with Crippen molar-refractivity contribution < 1.29 is 33.4 Å². The summed E-state index contributed by atoms with van der Waals surface area (Å²) in [5.74, 6) is -1.01. The maximum absolute atomic E-state index is 12.5. The molecule has 1 aromatic carbocycles. The van der Waals surface area contributed by atoms with Gasteiger partial charge in [0.2, 0.25) is 0 Å². The fraction of sp³-hybridized carbons (Fsp3) is 0.391. The molecular formula is C23H24N2O7S. The lowest BCUT2D eigenvalue weighted by atomic mass is 10.1. The van der Waals surface area contributed by atoms with Gasteiger partial charge in [-0.25, -0.2) is 0 Å². The van der Waals surface area contributed by atoms with E-state index in [-0.39, 0.29) is 18.6 Å². The van der Waals surface area contributed by atoms with Gasteiger partial charge in [-0.2, -0.15) is 0 Å². The predicted molar refractivity (Wildman–Crippen MR) is 120 cm³/mol. The number of fused-ring (bicyclic) bond motifs is 2. The number of ether oxygens (including phenoxy) is 3. The number of benzene rings is 1.